The summed E-state index contributed by atoms with van der Waals surface area (Å²) >= 11 is 12.3. The summed E-state index contributed by atoms with van der Waals surface area (Å²) in [6.07, 6.45) is 2.36. The molecule has 1 atom stereocenters. The summed E-state index contributed by atoms with van der Waals surface area (Å²) in [7, 11) is 0. The molecule has 0 bridgehead atoms. The van der Waals surface area contributed by atoms with E-state index < -0.39 is 0 Å². The van der Waals surface area contributed by atoms with Gasteiger partial charge in [0.15, 0.2) is 0 Å². The Morgan fingerprint density at radius 1 is 1.29 bits per heavy atom. The molecule has 1 aliphatic carbocycles. The van der Waals surface area contributed by atoms with E-state index in [1.807, 2.05) is 6.07 Å². The van der Waals surface area contributed by atoms with Crippen LogP contribution in [0.4, 0.5) is 0 Å². The van der Waals surface area contributed by atoms with Gasteiger partial charge in [0.05, 0.1) is 10.0 Å². The Balaban J connectivity index is 2.52. The van der Waals surface area contributed by atoms with Gasteiger partial charge in [0.1, 0.15) is 0 Å². The zero-order valence-electron chi connectivity index (χ0n) is 8.48. The molecule has 14 heavy (non-hydrogen) atoms. The molecule has 76 valence electrons. The molecule has 0 aliphatic heterocycles. The lowest BCUT2D eigenvalue weighted by atomic mass is 9.90. The lowest BCUT2D eigenvalue weighted by Gasteiger charge is -2.17. The average Bonchev–Trinajstić information content (AvgIpc) is 2.55. The summed E-state index contributed by atoms with van der Waals surface area (Å²) in [6.45, 7) is 4.49. The van der Waals surface area contributed by atoms with Crippen LogP contribution in [0.2, 0.25) is 10.0 Å². The van der Waals surface area contributed by atoms with Crippen LogP contribution in [-0.2, 0) is 6.42 Å². The first kappa shape index (κ1) is 10.3. The highest BCUT2D eigenvalue weighted by atomic mass is 35.5. The second-order valence-corrected chi connectivity index (χ2v) is 5.11. The predicted octanol–water partition coefficient (Wildman–Crippen LogP) is 4.68. The maximum absolute atomic E-state index is 6.25. The van der Waals surface area contributed by atoms with Gasteiger partial charge >= 0.3 is 0 Å². The van der Waals surface area contributed by atoms with Gasteiger partial charge in [-0.05, 0) is 41.9 Å². The third kappa shape index (κ3) is 1.55. The van der Waals surface area contributed by atoms with Crippen molar-refractivity contribution < 1.29 is 0 Å². The summed E-state index contributed by atoms with van der Waals surface area (Å²) in [4.78, 5) is 0. The lowest BCUT2D eigenvalue weighted by molar-refractivity contribution is 0.496. The maximum Gasteiger partial charge on any atom is 0.0629 e. The Labute approximate surface area is 95.2 Å². The normalized spacial score (nSPS) is 20.2. The molecule has 1 aromatic carbocycles. The molecular weight excluding hydrogens is 215 g/mol. The number of hydrogen-bond acceptors (Lipinski definition) is 0. The molecule has 1 unspecified atom stereocenters. The van der Waals surface area contributed by atoms with E-state index in [4.69, 9.17) is 23.2 Å². The van der Waals surface area contributed by atoms with Crippen LogP contribution in [0.25, 0.3) is 0 Å². The van der Waals surface area contributed by atoms with E-state index >= 15 is 0 Å². The topological polar surface area (TPSA) is 0 Å². The van der Waals surface area contributed by atoms with Crippen molar-refractivity contribution in [3.8, 4) is 0 Å². The Morgan fingerprint density at radius 2 is 2.00 bits per heavy atom. The summed E-state index contributed by atoms with van der Waals surface area (Å²) in [6, 6.07) is 4.03. The smallest absolute Gasteiger partial charge is 0.0629 e. The fourth-order valence-electron chi connectivity index (χ4n) is 2.35. The van der Waals surface area contributed by atoms with Gasteiger partial charge < -0.3 is 0 Å². The van der Waals surface area contributed by atoms with E-state index in [2.05, 4.69) is 19.9 Å². The number of halogens is 2. The van der Waals surface area contributed by atoms with E-state index in [-0.39, 0.29) is 0 Å². The SMILES string of the molecule is CC(C)C1CCc2ccc(Cl)c(Cl)c21. The Morgan fingerprint density at radius 3 is 2.64 bits per heavy atom. The quantitative estimate of drug-likeness (QED) is 0.655. The lowest BCUT2D eigenvalue weighted by Crippen LogP contribution is -2.03. The minimum absolute atomic E-state index is 0.594. The highest BCUT2D eigenvalue weighted by Gasteiger charge is 2.28. The highest BCUT2D eigenvalue weighted by Crippen LogP contribution is 2.44. The van der Waals surface area contributed by atoms with E-state index in [1.54, 1.807) is 0 Å². The number of rotatable bonds is 1. The van der Waals surface area contributed by atoms with Crippen LogP contribution < -0.4 is 0 Å². The molecule has 2 rings (SSSR count). The molecule has 0 saturated heterocycles. The Bertz CT molecular complexity index is 356. The standard InChI is InChI=1S/C12H14Cl2/c1-7(2)9-5-3-8-4-6-10(13)12(14)11(8)9/h4,6-7,9H,3,5H2,1-2H3. The van der Waals surface area contributed by atoms with E-state index in [0.29, 0.717) is 16.9 Å². The highest BCUT2D eigenvalue weighted by molar-refractivity contribution is 6.42. The van der Waals surface area contributed by atoms with Crippen LogP contribution in [0.1, 0.15) is 37.3 Å². The molecular formula is C12H14Cl2. The molecule has 1 aliphatic rings. The van der Waals surface area contributed by atoms with Gasteiger partial charge in [0.2, 0.25) is 0 Å². The van der Waals surface area contributed by atoms with Crippen molar-refractivity contribution >= 4 is 23.2 Å². The van der Waals surface area contributed by atoms with Gasteiger partial charge in [-0.15, -0.1) is 0 Å². The van der Waals surface area contributed by atoms with Crippen molar-refractivity contribution in [2.24, 2.45) is 5.92 Å². The molecule has 0 radical (unpaired) electrons. The first-order valence-electron chi connectivity index (χ1n) is 5.08. The summed E-state index contributed by atoms with van der Waals surface area (Å²) in [5, 5.41) is 1.47. The van der Waals surface area contributed by atoms with Crippen molar-refractivity contribution in [2.75, 3.05) is 0 Å². The molecule has 0 saturated carbocycles. The third-order valence-corrected chi connectivity index (χ3v) is 3.94. The van der Waals surface area contributed by atoms with Crippen LogP contribution in [0.5, 0.6) is 0 Å². The molecule has 0 N–H and O–H groups in total. The Hall–Kier alpha value is -0.200. The van der Waals surface area contributed by atoms with Gasteiger partial charge in [-0.2, -0.15) is 0 Å². The molecule has 0 spiro atoms. The van der Waals surface area contributed by atoms with Crippen LogP contribution in [-0.4, -0.2) is 0 Å². The molecule has 0 heterocycles. The van der Waals surface area contributed by atoms with E-state index in [1.165, 1.54) is 17.5 Å². The molecule has 0 amide bonds. The van der Waals surface area contributed by atoms with Crippen molar-refractivity contribution in [3.05, 3.63) is 33.3 Å². The number of aryl methyl sites for hydroxylation is 1. The van der Waals surface area contributed by atoms with Gasteiger partial charge in [0, 0.05) is 0 Å². The number of benzene rings is 1. The van der Waals surface area contributed by atoms with Crippen LogP contribution in [0.15, 0.2) is 12.1 Å². The zero-order valence-corrected chi connectivity index (χ0v) is 9.99. The van der Waals surface area contributed by atoms with E-state index in [0.717, 1.165) is 11.4 Å². The van der Waals surface area contributed by atoms with E-state index in [9.17, 15) is 0 Å². The molecule has 0 fully saturated rings. The zero-order chi connectivity index (χ0) is 10.3. The first-order chi connectivity index (χ1) is 6.61. The van der Waals surface area contributed by atoms with Crippen LogP contribution >= 0.6 is 23.2 Å². The Kier molecular flexibility index (Phi) is 2.77. The number of fused-ring (bicyclic) bond motifs is 1. The van der Waals surface area contributed by atoms with Crippen molar-refractivity contribution in [1.29, 1.82) is 0 Å². The summed E-state index contributed by atoms with van der Waals surface area (Å²) in [5.74, 6) is 1.24. The van der Waals surface area contributed by atoms with Crippen molar-refractivity contribution in [2.45, 2.75) is 32.6 Å². The third-order valence-electron chi connectivity index (χ3n) is 3.12. The largest absolute Gasteiger partial charge is 0.0827 e. The molecule has 0 aromatic heterocycles. The van der Waals surface area contributed by atoms with Crippen LogP contribution in [0, 0.1) is 5.92 Å². The fourth-order valence-corrected chi connectivity index (χ4v) is 2.84. The van der Waals surface area contributed by atoms with Gasteiger partial charge in [0.25, 0.3) is 0 Å². The monoisotopic (exact) mass is 228 g/mol. The summed E-state index contributed by atoms with van der Waals surface area (Å²) in [5.41, 5.74) is 2.69. The minimum Gasteiger partial charge on any atom is -0.0827 e. The second-order valence-electron chi connectivity index (χ2n) is 4.32. The van der Waals surface area contributed by atoms with Gasteiger partial charge in [-0.3, -0.25) is 0 Å². The minimum atomic E-state index is 0.594. The second kappa shape index (κ2) is 3.75. The number of hydrogen-bond donors (Lipinski definition) is 0. The first-order valence-corrected chi connectivity index (χ1v) is 5.83. The molecule has 1 aromatic rings. The van der Waals surface area contributed by atoms with Crippen molar-refractivity contribution in [1.82, 2.24) is 0 Å². The van der Waals surface area contributed by atoms with Gasteiger partial charge in [-0.25, -0.2) is 0 Å². The van der Waals surface area contributed by atoms with Crippen molar-refractivity contribution in [3.63, 3.8) is 0 Å². The molecule has 0 nitrogen and oxygen atoms in total. The predicted molar refractivity (Wildman–Crippen MR) is 62.4 cm³/mol. The fraction of sp³-hybridized carbons (Fsp3) is 0.500. The maximum atomic E-state index is 6.25. The molecule has 2 heteroatoms. The summed E-state index contributed by atoms with van der Waals surface area (Å²) < 4.78 is 0. The van der Waals surface area contributed by atoms with Gasteiger partial charge in [-0.1, -0.05) is 43.1 Å². The average molecular weight is 229 g/mol. The van der Waals surface area contributed by atoms with Crippen LogP contribution in [0.3, 0.4) is 0 Å².